The van der Waals surface area contributed by atoms with Gasteiger partial charge in [0.25, 0.3) is 0 Å². The smallest absolute Gasteiger partial charge is 0.0596 e. The van der Waals surface area contributed by atoms with E-state index in [2.05, 4.69) is 44.4 Å². The molecule has 0 aliphatic rings. The van der Waals surface area contributed by atoms with E-state index in [1.54, 1.807) is 6.20 Å². The van der Waals surface area contributed by atoms with E-state index >= 15 is 0 Å². The summed E-state index contributed by atoms with van der Waals surface area (Å²) in [6.45, 7) is 4.94. The summed E-state index contributed by atoms with van der Waals surface area (Å²) in [5, 5.41) is 4.45. The van der Waals surface area contributed by atoms with Crippen molar-refractivity contribution >= 4 is 15.9 Å². The van der Waals surface area contributed by atoms with Gasteiger partial charge in [0.15, 0.2) is 0 Å². The molecule has 6 heteroatoms. The molecule has 5 nitrogen and oxygen atoms in total. The third-order valence-corrected chi connectivity index (χ3v) is 3.46. The Balaban J connectivity index is 2.23. The van der Waals surface area contributed by atoms with Crippen LogP contribution in [0, 0.1) is 6.92 Å². The summed E-state index contributed by atoms with van der Waals surface area (Å²) in [6, 6.07) is 4.14. The largest absolute Gasteiger partial charge is 0.271 e. The summed E-state index contributed by atoms with van der Waals surface area (Å²) in [5.41, 5.74) is 6.10. The van der Waals surface area contributed by atoms with Crippen molar-refractivity contribution in [3.63, 3.8) is 0 Å². The maximum Gasteiger partial charge on any atom is 0.0596 e. The van der Waals surface area contributed by atoms with Gasteiger partial charge >= 0.3 is 0 Å². The van der Waals surface area contributed by atoms with Gasteiger partial charge in [-0.1, -0.05) is 0 Å². The van der Waals surface area contributed by atoms with Gasteiger partial charge in [-0.15, -0.1) is 0 Å². The third-order valence-electron chi connectivity index (χ3n) is 3.03. The Morgan fingerprint density at radius 1 is 1.42 bits per heavy atom. The molecular formula is C13H18BrN5. The molecule has 0 spiro atoms. The Morgan fingerprint density at radius 2 is 2.21 bits per heavy atom. The Morgan fingerprint density at radius 3 is 2.84 bits per heavy atom. The second-order valence-corrected chi connectivity index (χ2v) is 5.37. The van der Waals surface area contributed by atoms with Gasteiger partial charge in [-0.05, 0) is 47.5 Å². The van der Waals surface area contributed by atoms with Gasteiger partial charge in [-0.3, -0.25) is 20.9 Å². The number of aryl methyl sites for hydroxylation is 2. The molecule has 3 N–H and O–H groups in total. The van der Waals surface area contributed by atoms with Crippen LogP contribution < -0.4 is 11.3 Å². The van der Waals surface area contributed by atoms with Crippen molar-refractivity contribution < 1.29 is 0 Å². The number of pyridine rings is 1. The lowest BCUT2D eigenvalue weighted by Gasteiger charge is -2.16. The van der Waals surface area contributed by atoms with Crippen LogP contribution in [0.2, 0.25) is 0 Å². The first-order valence-corrected chi connectivity index (χ1v) is 7.03. The predicted octanol–water partition coefficient (Wildman–Crippen LogP) is 2.12. The molecule has 2 aromatic rings. The van der Waals surface area contributed by atoms with E-state index in [0.717, 1.165) is 28.7 Å². The van der Waals surface area contributed by atoms with Crippen LogP contribution in [0.25, 0.3) is 0 Å². The van der Waals surface area contributed by atoms with Gasteiger partial charge in [0.1, 0.15) is 0 Å². The second-order valence-electron chi connectivity index (χ2n) is 4.45. The Hall–Kier alpha value is -1.24. The lowest BCUT2D eigenvalue weighted by atomic mass is 10.0. The molecule has 1 atom stereocenters. The molecule has 2 rings (SSSR count). The van der Waals surface area contributed by atoms with Crippen LogP contribution in [0.4, 0.5) is 0 Å². The van der Waals surface area contributed by atoms with Crippen molar-refractivity contribution in [3.05, 3.63) is 46.0 Å². The van der Waals surface area contributed by atoms with Crippen LogP contribution in [0.1, 0.15) is 29.9 Å². The standard InChI is InChI=1S/C13H18BrN5/c1-3-19-12(4-9(2)18-19)6-13(17-15)10-5-11(14)8-16-7-10/h4-5,7-8,13,17H,3,6,15H2,1-2H3. The van der Waals surface area contributed by atoms with Gasteiger partial charge in [-0.2, -0.15) is 5.10 Å². The molecule has 0 saturated carbocycles. The zero-order chi connectivity index (χ0) is 13.8. The molecule has 2 aromatic heterocycles. The van der Waals surface area contributed by atoms with E-state index in [1.807, 2.05) is 23.9 Å². The molecule has 0 radical (unpaired) electrons. The molecule has 0 amide bonds. The zero-order valence-corrected chi connectivity index (χ0v) is 12.7. The first-order valence-electron chi connectivity index (χ1n) is 6.24. The summed E-state index contributed by atoms with van der Waals surface area (Å²) in [6.07, 6.45) is 4.37. The number of hydrogen-bond acceptors (Lipinski definition) is 4. The summed E-state index contributed by atoms with van der Waals surface area (Å²) >= 11 is 3.43. The molecule has 0 fully saturated rings. The number of halogens is 1. The molecule has 1 unspecified atom stereocenters. The van der Waals surface area contributed by atoms with Crippen molar-refractivity contribution in [1.29, 1.82) is 0 Å². The van der Waals surface area contributed by atoms with Crippen molar-refractivity contribution in [2.24, 2.45) is 5.84 Å². The van der Waals surface area contributed by atoms with Crippen molar-refractivity contribution in [2.75, 3.05) is 0 Å². The Labute approximate surface area is 121 Å². The number of nitrogens with one attached hydrogen (secondary N) is 1. The SMILES string of the molecule is CCn1nc(C)cc1CC(NN)c1cncc(Br)c1. The van der Waals surface area contributed by atoms with Crippen molar-refractivity contribution in [3.8, 4) is 0 Å². The minimum atomic E-state index is 0.0198. The van der Waals surface area contributed by atoms with Crippen LogP contribution in [0.3, 0.4) is 0 Å². The fraction of sp³-hybridized carbons (Fsp3) is 0.385. The minimum absolute atomic E-state index is 0.0198. The molecule has 19 heavy (non-hydrogen) atoms. The molecular weight excluding hydrogens is 306 g/mol. The van der Waals surface area contributed by atoms with Crippen LogP contribution in [-0.2, 0) is 13.0 Å². The van der Waals surface area contributed by atoms with E-state index in [1.165, 1.54) is 5.69 Å². The van der Waals surface area contributed by atoms with Crippen LogP contribution in [0.15, 0.2) is 29.0 Å². The fourth-order valence-corrected chi connectivity index (χ4v) is 2.52. The topological polar surface area (TPSA) is 68.8 Å². The van der Waals surface area contributed by atoms with E-state index in [9.17, 15) is 0 Å². The molecule has 102 valence electrons. The zero-order valence-electron chi connectivity index (χ0n) is 11.1. The highest BCUT2D eigenvalue weighted by atomic mass is 79.9. The lowest BCUT2D eigenvalue weighted by molar-refractivity contribution is 0.515. The highest BCUT2D eigenvalue weighted by Gasteiger charge is 2.14. The van der Waals surface area contributed by atoms with E-state index < -0.39 is 0 Å². The van der Waals surface area contributed by atoms with Gasteiger partial charge < -0.3 is 0 Å². The minimum Gasteiger partial charge on any atom is -0.271 e. The summed E-state index contributed by atoms with van der Waals surface area (Å²) in [5.74, 6) is 5.68. The maximum atomic E-state index is 5.68. The average Bonchev–Trinajstić information content (AvgIpc) is 2.76. The highest BCUT2D eigenvalue weighted by molar-refractivity contribution is 9.10. The van der Waals surface area contributed by atoms with E-state index in [0.29, 0.717) is 0 Å². The highest BCUT2D eigenvalue weighted by Crippen LogP contribution is 2.20. The number of nitrogens with zero attached hydrogens (tertiary/aromatic N) is 3. The molecule has 0 aliphatic heterocycles. The van der Waals surface area contributed by atoms with Gasteiger partial charge in [0, 0.05) is 35.5 Å². The van der Waals surface area contributed by atoms with Gasteiger partial charge in [0.05, 0.1) is 11.7 Å². The number of nitrogens with two attached hydrogens (primary N) is 1. The lowest BCUT2D eigenvalue weighted by Crippen LogP contribution is -2.30. The summed E-state index contributed by atoms with van der Waals surface area (Å²) in [7, 11) is 0. The van der Waals surface area contributed by atoms with Crippen molar-refractivity contribution in [1.82, 2.24) is 20.2 Å². The van der Waals surface area contributed by atoms with Gasteiger partial charge in [-0.25, -0.2) is 0 Å². The maximum absolute atomic E-state index is 5.68. The summed E-state index contributed by atoms with van der Waals surface area (Å²) in [4.78, 5) is 4.18. The van der Waals surface area contributed by atoms with Gasteiger partial charge in [0.2, 0.25) is 0 Å². The molecule has 0 aliphatic carbocycles. The normalized spacial score (nSPS) is 12.6. The molecule has 0 bridgehead atoms. The van der Waals surface area contributed by atoms with E-state index in [4.69, 9.17) is 5.84 Å². The molecule has 0 saturated heterocycles. The quantitative estimate of drug-likeness (QED) is 0.653. The molecule has 2 heterocycles. The first-order chi connectivity index (χ1) is 9.13. The molecule has 0 aromatic carbocycles. The van der Waals surface area contributed by atoms with E-state index in [-0.39, 0.29) is 6.04 Å². The number of rotatable bonds is 5. The average molecular weight is 324 g/mol. The number of aromatic nitrogens is 3. The predicted molar refractivity (Wildman–Crippen MR) is 78.3 cm³/mol. The first kappa shape index (κ1) is 14.2. The Bertz CT molecular complexity index is 552. The van der Waals surface area contributed by atoms with Crippen LogP contribution >= 0.6 is 15.9 Å². The summed E-state index contributed by atoms with van der Waals surface area (Å²) < 4.78 is 2.95. The van der Waals surface area contributed by atoms with Crippen LogP contribution in [0.5, 0.6) is 0 Å². The van der Waals surface area contributed by atoms with Crippen LogP contribution in [-0.4, -0.2) is 14.8 Å². The Kier molecular flexibility index (Phi) is 4.68. The fourth-order valence-electron chi connectivity index (χ4n) is 2.14. The second kappa shape index (κ2) is 6.27. The monoisotopic (exact) mass is 323 g/mol. The van der Waals surface area contributed by atoms with Crippen molar-refractivity contribution in [2.45, 2.75) is 32.9 Å². The number of hydrogen-bond donors (Lipinski definition) is 2. The third kappa shape index (κ3) is 3.40. The number of hydrazine groups is 1.